The quantitative estimate of drug-likeness (QED) is 0.743. The van der Waals surface area contributed by atoms with Crippen LogP contribution in [0.1, 0.15) is 24.1 Å². The van der Waals surface area contributed by atoms with Crippen LogP contribution in [0.3, 0.4) is 0 Å². The van der Waals surface area contributed by atoms with Crippen LogP contribution in [0.25, 0.3) is 0 Å². The first-order chi connectivity index (χ1) is 7.79. The van der Waals surface area contributed by atoms with Crippen molar-refractivity contribution in [1.29, 1.82) is 0 Å². The molecule has 1 aromatic heterocycles. The van der Waals surface area contributed by atoms with Gasteiger partial charge in [0.25, 0.3) is 0 Å². The molecule has 16 heavy (non-hydrogen) atoms. The van der Waals surface area contributed by atoms with Gasteiger partial charge < -0.3 is 10.1 Å². The third-order valence-electron chi connectivity index (χ3n) is 2.68. The predicted octanol–water partition coefficient (Wildman–Crippen LogP) is 2.21. The molecule has 1 saturated carbocycles. The van der Waals surface area contributed by atoms with E-state index < -0.39 is 0 Å². The molecular formula is C13H18N2O. The first-order valence-electron chi connectivity index (χ1n) is 5.73. The highest BCUT2D eigenvalue weighted by Crippen LogP contribution is 2.20. The summed E-state index contributed by atoms with van der Waals surface area (Å²) in [7, 11) is 0. The second-order valence-corrected chi connectivity index (χ2v) is 4.15. The van der Waals surface area contributed by atoms with Crippen LogP contribution in [0.15, 0.2) is 24.8 Å². The van der Waals surface area contributed by atoms with Gasteiger partial charge in [0.15, 0.2) is 0 Å². The summed E-state index contributed by atoms with van der Waals surface area (Å²) in [6.45, 7) is 7.04. The zero-order valence-electron chi connectivity index (χ0n) is 9.70. The molecular weight excluding hydrogens is 200 g/mol. The Morgan fingerprint density at radius 3 is 3.00 bits per heavy atom. The Morgan fingerprint density at radius 1 is 1.56 bits per heavy atom. The van der Waals surface area contributed by atoms with E-state index in [1.807, 2.05) is 13.0 Å². The molecule has 1 fully saturated rings. The maximum Gasteiger partial charge on any atom is 0.213 e. The van der Waals surface area contributed by atoms with E-state index in [-0.39, 0.29) is 0 Å². The molecule has 1 aliphatic rings. The van der Waals surface area contributed by atoms with E-state index in [2.05, 4.69) is 22.9 Å². The van der Waals surface area contributed by atoms with Crippen molar-refractivity contribution < 1.29 is 4.74 Å². The Balaban J connectivity index is 1.94. The Bertz CT molecular complexity index is 372. The predicted molar refractivity (Wildman–Crippen MR) is 64.5 cm³/mol. The van der Waals surface area contributed by atoms with Gasteiger partial charge in [-0.25, -0.2) is 4.98 Å². The molecule has 2 rings (SSSR count). The fourth-order valence-electron chi connectivity index (χ4n) is 1.52. The number of ether oxygens (including phenoxy) is 1. The standard InChI is InChI=1S/C13H18N2O/c1-3-8-16-13-7-4-11(10(2)15-13)9-14-12-5-6-12/h3-4,7,12,14H,1,5-6,8-9H2,2H3. The molecule has 0 amide bonds. The van der Waals surface area contributed by atoms with Crippen molar-refractivity contribution >= 4 is 0 Å². The molecule has 0 unspecified atom stereocenters. The van der Waals surface area contributed by atoms with Crippen molar-refractivity contribution in [3.05, 3.63) is 36.0 Å². The van der Waals surface area contributed by atoms with Gasteiger partial charge in [0, 0.05) is 24.3 Å². The fraction of sp³-hybridized carbons (Fsp3) is 0.462. The number of pyridine rings is 1. The van der Waals surface area contributed by atoms with Crippen LogP contribution < -0.4 is 10.1 Å². The molecule has 0 aromatic carbocycles. The third-order valence-corrected chi connectivity index (χ3v) is 2.68. The van der Waals surface area contributed by atoms with E-state index in [9.17, 15) is 0 Å². The molecule has 3 nitrogen and oxygen atoms in total. The van der Waals surface area contributed by atoms with Crippen molar-refractivity contribution in [2.75, 3.05) is 6.61 Å². The molecule has 0 spiro atoms. The van der Waals surface area contributed by atoms with Crippen LogP contribution in [0, 0.1) is 6.92 Å². The number of hydrogen-bond donors (Lipinski definition) is 1. The molecule has 0 aliphatic heterocycles. The largest absolute Gasteiger partial charge is 0.473 e. The van der Waals surface area contributed by atoms with Gasteiger partial charge in [0.05, 0.1) is 0 Å². The maximum atomic E-state index is 5.38. The highest BCUT2D eigenvalue weighted by Gasteiger charge is 2.20. The van der Waals surface area contributed by atoms with E-state index in [0.29, 0.717) is 12.5 Å². The normalized spacial score (nSPS) is 14.8. The molecule has 1 N–H and O–H groups in total. The van der Waals surface area contributed by atoms with Crippen LogP contribution in [-0.4, -0.2) is 17.6 Å². The Labute approximate surface area is 96.5 Å². The molecule has 86 valence electrons. The van der Waals surface area contributed by atoms with Crippen LogP contribution in [0.5, 0.6) is 5.88 Å². The second kappa shape index (κ2) is 5.12. The van der Waals surface area contributed by atoms with E-state index in [4.69, 9.17) is 4.74 Å². The van der Waals surface area contributed by atoms with Crippen molar-refractivity contribution in [3.8, 4) is 5.88 Å². The van der Waals surface area contributed by atoms with E-state index in [1.165, 1.54) is 18.4 Å². The lowest BCUT2D eigenvalue weighted by atomic mass is 10.2. The van der Waals surface area contributed by atoms with Crippen LogP contribution >= 0.6 is 0 Å². The van der Waals surface area contributed by atoms with Gasteiger partial charge in [0.1, 0.15) is 6.61 Å². The Morgan fingerprint density at radius 2 is 2.38 bits per heavy atom. The van der Waals surface area contributed by atoms with Crippen molar-refractivity contribution in [3.63, 3.8) is 0 Å². The number of nitrogens with one attached hydrogen (secondary N) is 1. The van der Waals surface area contributed by atoms with E-state index >= 15 is 0 Å². The molecule has 3 heteroatoms. The van der Waals surface area contributed by atoms with E-state index in [0.717, 1.165) is 18.3 Å². The maximum absolute atomic E-state index is 5.38. The van der Waals surface area contributed by atoms with Crippen LogP contribution in [0.2, 0.25) is 0 Å². The number of aromatic nitrogens is 1. The Kier molecular flexibility index (Phi) is 3.57. The number of aryl methyl sites for hydroxylation is 1. The van der Waals surface area contributed by atoms with Crippen molar-refractivity contribution in [1.82, 2.24) is 10.3 Å². The summed E-state index contributed by atoms with van der Waals surface area (Å²) in [6, 6.07) is 4.73. The minimum atomic E-state index is 0.506. The average molecular weight is 218 g/mol. The third kappa shape index (κ3) is 3.07. The smallest absolute Gasteiger partial charge is 0.213 e. The van der Waals surface area contributed by atoms with Crippen molar-refractivity contribution in [2.24, 2.45) is 0 Å². The van der Waals surface area contributed by atoms with Gasteiger partial charge in [-0.2, -0.15) is 0 Å². The summed E-state index contributed by atoms with van der Waals surface area (Å²) in [5, 5.41) is 3.48. The zero-order chi connectivity index (χ0) is 11.4. The lowest BCUT2D eigenvalue weighted by Crippen LogP contribution is -2.16. The second-order valence-electron chi connectivity index (χ2n) is 4.15. The molecule has 0 atom stereocenters. The number of nitrogens with zero attached hydrogens (tertiary/aromatic N) is 1. The van der Waals surface area contributed by atoms with Gasteiger partial charge in [-0.3, -0.25) is 0 Å². The monoisotopic (exact) mass is 218 g/mol. The van der Waals surface area contributed by atoms with Crippen LogP contribution in [-0.2, 0) is 6.54 Å². The lowest BCUT2D eigenvalue weighted by Gasteiger charge is -2.08. The van der Waals surface area contributed by atoms with Gasteiger partial charge >= 0.3 is 0 Å². The summed E-state index contributed by atoms with van der Waals surface area (Å²) in [5.41, 5.74) is 2.28. The summed E-state index contributed by atoms with van der Waals surface area (Å²) in [6.07, 6.45) is 4.35. The highest BCUT2D eigenvalue weighted by molar-refractivity contribution is 5.25. The minimum Gasteiger partial charge on any atom is -0.473 e. The summed E-state index contributed by atoms with van der Waals surface area (Å²) in [4.78, 5) is 4.40. The summed E-state index contributed by atoms with van der Waals surface area (Å²) >= 11 is 0. The molecule has 1 aliphatic carbocycles. The first-order valence-corrected chi connectivity index (χ1v) is 5.73. The molecule has 1 heterocycles. The Hall–Kier alpha value is -1.35. The highest BCUT2D eigenvalue weighted by atomic mass is 16.5. The fourth-order valence-corrected chi connectivity index (χ4v) is 1.52. The van der Waals surface area contributed by atoms with Gasteiger partial charge in [-0.1, -0.05) is 18.7 Å². The molecule has 0 saturated heterocycles. The first kappa shape index (κ1) is 11.1. The summed E-state index contributed by atoms with van der Waals surface area (Å²) < 4.78 is 5.38. The SMILES string of the molecule is C=CCOc1ccc(CNC2CC2)c(C)n1. The van der Waals surface area contributed by atoms with Crippen LogP contribution in [0.4, 0.5) is 0 Å². The summed E-state index contributed by atoms with van der Waals surface area (Å²) in [5.74, 6) is 0.674. The molecule has 1 aromatic rings. The minimum absolute atomic E-state index is 0.506. The molecule has 0 radical (unpaired) electrons. The van der Waals surface area contributed by atoms with E-state index in [1.54, 1.807) is 6.08 Å². The number of hydrogen-bond acceptors (Lipinski definition) is 3. The van der Waals surface area contributed by atoms with Crippen molar-refractivity contribution in [2.45, 2.75) is 32.4 Å². The zero-order valence-corrected chi connectivity index (χ0v) is 9.70. The van der Waals surface area contributed by atoms with Gasteiger partial charge in [-0.05, 0) is 25.3 Å². The van der Waals surface area contributed by atoms with Gasteiger partial charge in [-0.15, -0.1) is 0 Å². The molecule has 0 bridgehead atoms. The van der Waals surface area contributed by atoms with Gasteiger partial charge in [0.2, 0.25) is 5.88 Å². The number of rotatable bonds is 6. The average Bonchev–Trinajstić information content (AvgIpc) is 3.09. The topological polar surface area (TPSA) is 34.1 Å². The lowest BCUT2D eigenvalue weighted by molar-refractivity contribution is 0.347.